The van der Waals surface area contributed by atoms with Crippen LogP contribution in [0.2, 0.25) is 0 Å². The van der Waals surface area contributed by atoms with Gasteiger partial charge in [-0.15, -0.1) is 0 Å². The molecule has 1 saturated carbocycles. The quantitative estimate of drug-likeness (QED) is 0.713. The van der Waals surface area contributed by atoms with Gasteiger partial charge in [-0.3, -0.25) is 9.59 Å². The lowest BCUT2D eigenvalue weighted by atomic mass is 9.83. The third-order valence-corrected chi connectivity index (χ3v) is 3.57. The molecule has 2 aliphatic rings. The van der Waals surface area contributed by atoms with E-state index in [9.17, 15) is 9.59 Å². The van der Waals surface area contributed by atoms with Gasteiger partial charge in [0.25, 0.3) is 0 Å². The van der Waals surface area contributed by atoms with E-state index < -0.39 is 12.0 Å². The van der Waals surface area contributed by atoms with Gasteiger partial charge in [0, 0.05) is 18.9 Å². The van der Waals surface area contributed by atoms with Crippen LogP contribution in [0.25, 0.3) is 0 Å². The van der Waals surface area contributed by atoms with Crippen molar-refractivity contribution in [2.24, 2.45) is 5.92 Å². The zero-order valence-corrected chi connectivity index (χ0v) is 8.74. The SMILES string of the molecule is O=C1CCCC(C2CCC(C(=O)O)N2)C1. The first-order valence-corrected chi connectivity index (χ1v) is 5.67. The predicted octanol–water partition coefficient (Wildman–Crippen LogP) is 0.951. The highest BCUT2D eigenvalue weighted by atomic mass is 16.4. The van der Waals surface area contributed by atoms with Gasteiger partial charge in [0.05, 0.1) is 0 Å². The van der Waals surface area contributed by atoms with Gasteiger partial charge in [-0.1, -0.05) is 0 Å². The molecule has 0 bridgehead atoms. The van der Waals surface area contributed by atoms with E-state index in [-0.39, 0.29) is 6.04 Å². The maximum absolute atomic E-state index is 11.3. The molecule has 0 spiro atoms. The molecule has 3 unspecified atom stereocenters. The molecule has 1 aliphatic heterocycles. The van der Waals surface area contributed by atoms with Gasteiger partial charge in [-0.25, -0.2) is 0 Å². The maximum Gasteiger partial charge on any atom is 0.320 e. The molecule has 4 heteroatoms. The fourth-order valence-corrected chi connectivity index (χ4v) is 2.74. The van der Waals surface area contributed by atoms with Gasteiger partial charge >= 0.3 is 5.97 Å². The Morgan fingerprint density at radius 2 is 2.13 bits per heavy atom. The Hall–Kier alpha value is -0.900. The zero-order valence-electron chi connectivity index (χ0n) is 8.74. The van der Waals surface area contributed by atoms with Crippen LogP contribution >= 0.6 is 0 Å². The highest BCUT2D eigenvalue weighted by Crippen LogP contribution is 2.29. The molecule has 4 nitrogen and oxygen atoms in total. The van der Waals surface area contributed by atoms with E-state index in [4.69, 9.17) is 5.11 Å². The summed E-state index contributed by atoms with van der Waals surface area (Å²) in [5, 5.41) is 12.0. The number of carboxylic acids is 1. The maximum atomic E-state index is 11.3. The van der Waals surface area contributed by atoms with Crippen molar-refractivity contribution < 1.29 is 14.7 Å². The Morgan fingerprint density at radius 3 is 2.73 bits per heavy atom. The highest BCUT2D eigenvalue weighted by Gasteiger charge is 2.35. The number of aliphatic carboxylic acids is 1. The molecule has 1 aliphatic carbocycles. The summed E-state index contributed by atoms with van der Waals surface area (Å²) in [7, 11) is 0. The van der Waals surface area contributed by atoms with Crippen molar-refractivity contribution in [3.8, 4) is 0 Å². The Bertz CT molecular complexity index is 277. The fraction of sp³-hybridized carbons (Fsp3) is 0.818. The first kappa shape index (κ1) is 10.6. The smallest absolute Gasteiger partial charge is 0.320 e. The average Bonchev–Trinajstić information content (AvgIpc) is 2.66. The topological polar surface area (TPSA) is 66.4 Å². The van der Waals surface area contributed by atoms with Crippen molar-refractivity contribution in [3.63, 3.8) is 0 Å². The normalized spacial score (nSPS) is 36.8. The summed E-state index contributed by atoms with van der Waals surface area (Å²) in [6, 6.07) is -0.151. The summed E-state index contributed by atoms with van der Waals surface area (Å²) in [6.45, 7) is 0. The third kappa shape index (κ3) is 2.37. The van der Waals surface area contributed by atoms with Crippen LogP contribution in [0.3, 0.4) is 0 Å². The van der Waals surface area contributed by atoms with Crippen LogP contribution in [-0.2, 0) is 9.59 Å². The Labute approximate surface area is 89.0 Å². The summed E-state index contributed by atoms with van der Waals surface area (Å²) >= 11 is 0. The molecule has 0 aromatic rings. The predicted molar refractivity (Wildman–Crippen MR) is 54.5 cm³/mol. The second-order valence-corrected chi connectivity index (χ2v) is 4.64. The molecule has 1 heterocycles. The monoisotopic (exact) mass is 211 g/mol. The van der Waals surface area contributed by atoms with E-state index in [0.29, 0.717) is 31.0 Å². The van der Waals surface area contributed by atoms with Gasteiger partial charge in [-0.05, 0) is 31.6 Å². The van der Waals surface area contributed by atoms with E-state index in [1.54, 1.807) is 0 Å². The van der Waals surface area contributed by atoms with Gasteiger partial charge in [0.2, 0.25) is 0 Å². The van der Waals surface area contributed by atoms with Crippen molar-refractivity contribution in [1.82, 2.24) is 5.32 Å². The van der Waals surface area contributed by atoms with Crippen LogP contribution in [0.1, 0.15) is 38.5 Å². The van der Waals surface area contributed by atoms with Crippen LogP contribution in [-0.4, -0.2) is 28.9 Å². The van der Waals surface area contributed by atoms with E-state index in [1.807, 2.05) is 0 Å². The molecular formula is C11H17NO3. The zero-order chi connectivity index (χ0) is 10.8. The Morgan fingerprint density at radius 1 is 1.33 bits per heavy atom. The number of rotatable bonds is 2. The largest absolute Gasteiger partial charge is 0.480 e. The van der Waals surface area contributed by atoms with E-state index in [1.165, 1.54) is 0 Å². The number of ketones is 1. The summed E-state index contributed by atoms with van der Waals surface area (Å²) in [5.41, 5.74) is 0. The second kappa shape index (κ2) is 4.31. The first-order valence-electron chi connectivity index (χ1n) is 5.67. The third-order valence-electron chi connectivity index (χ3n) is 3.57. The minimum absolute atomic E-state index is 0.246. The number of carboxylic acid groups (broad SMARTS) is 1. The fourth-order valence-electron chi connectivity index (χ4n) is 2.74. The standard InChI is InChI=1S/C11H17NO3/c13-8-3-1-2-7(6-8)9-4-5-10(12-9)11(14)15/h7,9-10,12H,1-6H2,(H,14,15). The van der Waals surface area contributed by atoms with Gasteiger partial charge in [-0.2, -0.15) is 0 Å². The molecule has 15 heavy (non-hydrogen) atoms. The molecule has 1 saturated heterocycles. The highest BCUT2D eigenvalue weighted by molar-refractivity contribution is 5.79. The summed E-state index contributed by atoms with van der Waals surface area (Å²) in [6.07, 6.45) is 4.99. The number of carbonyl (C=O) groups is 2. The van der Waals surface area contributed by atoms with Gasteiger partial charge in [0.1, 0.15) is 11.8 Å². The summed E-state index contributed by atoms with van der Waals surface area (Å²) < 4.78 is 0. The Kier molecular flexibility index (Phi) is 3.05. The molecule has 2 fully saturated rings. The van der Waals surface area contributed by atoms with Gasteiger partial charge < -0.3 is 10.4 Å². The van der Waals surface area contributed by atoms with Crippen molar-refractivity contribution >= 4 is 11.8 Å². The van der Waals surface area contributed by atoms with Crippen molar-refractivity contribution in [3.05, 3.63) is 0 Å². The lowest BCUT2D eigenvalue weighted by Crippen LogP contribution is -2.40. The molecular weight excluding hydrogens is 194 g/mol. The summed E-state index contributed by atoms with van der Waals surface area (Å²) in [5.74, 6) is -0.0536. The average molecular weight is 211 g/mol. The van der Waals surface area contributed by atoms with E-state index in [2.05, 4.69) is 5.32 Å². The number of nitrogens with one attached hydrogen (secondary N) is 1. The molecule has 84 valence electrons. The molecule has 0 radical (unpaired) electrons. The lowest BCUT2D eigenvalue weighted by molar-refractivity contribution is -0.139. The van der Waals surface area contributed by atoms with Crippen LogP contribution in [0.5, 0.6) is 0 Å². The molecule has 2 N–H and O–H groups in total. The summed E-state index contributed by atoms with van der Waals surface area (Å²) in [4.78, 5) is 22.1. The second-order valence-electron chi connectivity index (χ2n) is 4.64. The van der Waals surface area contributed by atoms with Crippen molar-refractivity contribution in [2.45, 2.75) is 50.6 Å². The van der Waals surface area contributed by atoms with E-state index >= 15 is 0 Å². The minimum Gasteiger partial charge on any atom is -0.480 e. The van der Waals surface area contributed by atoms with Crippen LogP contribution < -0.4 is 5.32 Å². The number of Topliss-reactive ketones (excluding diaryl/α,β-unsaturated/α-hetero) is 1. The van der Waals surface area contributed by atoms with Crippen LogP contribution in [0, 0.1) is 5.92 Å². The molecule has 3 atom stereocenters. The number of hydrogen-bond acceptors (Lipinski definition) is 3. The lowest BCUT2D eigenvalue weighted by Gasteiger charge is -2.26. The Balaban J connectivity index is 1.89. The number of carbonyl (C=O) groups excluding carboxylic acids is 1. The minimum atomic E-state index is -0.764. The first-order chi connectivity index (χ1) is 7.16. The van der Waals surface area contributed by atoms with Crippen molar-refractivity contribution in [2.75, 3.05) is 0 Å². The molecule has 0 aromatic carbocycles. The van der Waals surface area contributed by atoms with Crippen molar-refractivity contribution in [1.29, 1.82) is 0 Å². The molecule has 2 rings (SSSR count). The molecule has 0 amide bonds. The van der Waals surface area contributed by atoms with Crippen LogP contribution in [0.4, 0.5) is 0 Å². The number of hydrogen-bond donors (Lipinski definition) is 2. The van der Waals surface area contributed by atoms with Gasteiger partial charge in [0.15, 0.2) is 0 Å². The molecule has 0 aromatic heterocycles. The van der Waals surface area contributed by atoms with E-state index in [0.717, 1.165) is 19.3 Å². The van der Waals surface area contributed by atoms with Crippen LogP contribution in [0.15, 0.2) is 0 Å².